The topological polar surface area (TPSA) is 38.3 Å². The van der Waals surface area contributed by atoms with E-state index < -0.39 is 6.04 Å². The zero-order valence-electron chi connectivity index (χ0n) is 11.2. The first kappa shape index (κ1) is 14.8. The van der Waals surface area contributed by atoms with Gasteiger partial charge in [-0.25, -0.2) is 4.79 Å². The molecular weight excluding hydrogens is 318 g/mol. The minimum absolute atomic E-state index is 0.286. The molecule has 0 saturated heterocycles. The van der Waals surface area contributed by atoms with Gasteiger partial charge < -0.3 is 4.74 Å². The number of carbonyl (C=O) groups excluding carboxylic acids is 1. The van der Waals surface area contributed by atoms with E-state index in [1.807, 2.05) is 54.6 Å². The Balaban J connectivity index is 2.11. The van der Waals surface area contributed by atoms with E-state index in [4.69, 9.17) is 4.74 Å². The number of ether oxygens (including phenoxy) is 1. The van der Waals surface area contributed by atoms with Gasteiger partial charge in [0.1, 0.15) is 6.04 Å². The summed E-state index contributed by atoms with van der Waals surface area (Å²) in [7, 11) is 1.40. The van der Waals surface area contributed by atoms with Crippen molar-refractivity contribution in [2.24, 2.45) is 0 Å². The van der Waals surface area contributed by atoms with E-state index in [1.165, 1.54) is 7.11 Å². The molecule has 1 atom stereocenters. The quantitative estimate of drug-likeness (QED) is 0.851. The molecule has 2 aromatic carbocycles. The molecule has 0 heterocycles. The summed E-state index contributed by atoms with van der Waals surface area (Å²) < 4.78 is 5.89. The monoisotopic (exact) mass is 333 g/mol. The summed E-state index contributed by atoms with van der Waals surface area (Å²) in [5.74, 6) is -0.286. The number of hydrogen-bond donors (Lipinski definition) is 1. The zero-order valence-corrected chi connectivity index (χ0v) is 12.8. The van der Waals surface area contributed by atoms with Gasteiger partial charge in [0.25, 0.3) is 0 Å². The molecule has 0 saturated carbocycles. The first-order valence-electron chi connectivity index (χ1n) is 6.31. The molecule has 104 valence electrons. The number of methoxy groups -OCH3 is 1. The van der Waals surface area contributed by atoms with Crippen molar-refractivity contribution in [3.63, 3.8) is 0 Å². The minimum atomic E-state index is -0.458. The van der Waals surface area contributed by atoms with Gasteiger partial charge in [0.15, 0.2) is 0 Å². The highest BCUT2D eigenvalue weighted by Gasteiger charge is 2.20. The SMILES string of the molecule is COC(=O)C(NCc1cccc(Br)c1)c1ccccc1. The fraction of sp³-hybridized carbons (Fsp3) is 0.188. The highest BCUT2D eigenvalue weighted by Crippen LogP contribution is 2.16. The summed E-state index contributed by atoms with van der Waals surface area (Å²) in [6.45, 7) is 0.591. The van der Waals surface area contributed by atoms with E-state index in [-0.39, 0.29) is 5.97 Å². The van der Waals surface area contributed by atoms with Gasteiger partial charge >= 0.3 is 5.97 Å². The molecule has 0 radical (unpaired) electrons. The van der Waals surface area contributed by atoms with E-state index in [9.17, 15) is 4.79 Å². The smallest absolute Gasteiger partial charge is 0.327 e. The molecule has 0 aliphatic rings. The Morgan fingerprint density at radius 2 is 1.95 bits per heavy atom. The summed E-state index contributed by atoms with van der Waals surface area (Å²) in [4.78, 5) is 11.9. The van der Waals surface area contributed by atoms with Crippen molar-refractivity contribution in [1.29, 1.82) is 0 Å². The standard InChI is InChI=1S/C16H16BrNO2/c1-20-16(19)15(13-7-3-2-4-8-13)18-11-12-6-5-9-14(17)10-12/h2-10,15,18H,11H2,1H3. The molecule has 0 bridgehead atoms. The number of hydrogen-bond acceptors (Lipinski definition) is 3. The Labute approximate surface area is 127 Å². The summed E-state index contributed by atoms with van der Waals surface area (Å²) in [6.07, 6.45) is 0. The van der Waals surface area contributed by atoms with Crippen LogP contribution in [-0.4, -0.2) is 13.1 Å². The van der Waals surface area contributed by atoms with Gasteiger partial charge in [0.05, 0.1) is 7.11 Å². The van der Waals surface area contributed by atoms with Crippen LogP contribution >= 0.6 is 15.9 Å². The lowest BCUT2D eigenvalue weighted by molar-refractivity contribution is -0.143. The van der Waals surface area contributed by atoms with Crippen LogP contribution in [0.15, 0.2) is 59.1 Å². The molecule has 0 spiro atoms. The zero-order chi connectivity index (χ0) is 14.4. The predicted molar refractivity (Wildman–Crippen MR) is 82.2 cm³/mol. The van der Waals surface area contributed by atoms with Crippen molar-refractivity contribution in [1.82, 2.24) is 5.32 Å². The lowest BCUT2D eigenvalue weighted by Gasteiger charge is -2.17. The van der Waals surface area contributed by atoms with Gasteiger partial charge in [-0.2, -0.15) is 0 Å². The van der Waals surface area contributed by atoms with Gasteiger partial charge in [-0.05, 0) is 23.3 Å². The van der Waals surface area contributed by atoms with Crippen molar-refractivity contribution in [2.75, 3.05) is 7.11 Å². The third-order valence-electron chi connectivity index (χ3n) is 2.97. The summed E-state index contributed by atoms with van der Waals surface area (Å²) >= 11 is 3.44. The molecule has 2 rings (SSSR count). The van der Waals surface area contributed by atoms with E-state index in [1.54, 1.807) is 0 Å². The number of carbonyl (C=O) groups is 1. The van der Waals surface area contributed by atoms with Crippen molar-refractivity contribution in [3.8, 4) is 0 Å². The molecule has 0 amide bonds. The van der Waals surface area contributed by atoms with Crippen LogP contribution in [0.4, 0.5) is 0 Å². The molecule has 0 aliphatic heterocycles. The van der Waals surface area contributed by atoms with E-state index in [0.717, 1.165) is 15.6 Å². The first-order chi connectivity index (χ1) is 9.70. The second-order valence-corrected chi connectivity index (χ2v) is 5.29. The molecule has 1 unspecified atom stereocenters. The van der Waals surface area contributed by atoms with Crippen LogP contribution in [0.25, 0.3) is 0 Å². The number of benzene rings is 2. The molecule has 3 nitrogen and oxygen atoms in total. The third-order valence-corrected chi connectivity index (χ3v) is 3.46. The Morgan fingerprint density at radius 1 is 1.20 bits per heavy atom. The highest BCUT2D eigenvalue weighted by atomic mass is 79.9. The van der Waals surface area contributed by atoms with Crippen molar-refractivity contribution < 1.29 is 9.53 Å². The Hall–Kier alpha value is -1.65. The van der Waals surface area contributed by atoms with Gasteiger partial charge in [0.2, 0.25) is 0 Å². The van der Waals surface area contributed by atoms with E-state index >= 15 is 0 Å². The number of nitrogens with one attached hydrogen (secondary N) is 1. The molecule has 0 aromatic heterocycles. The van der Waals surface area contributed by atoms with Crippen molar-refractivity contribution >= 4 is 21.9 Å². The molecule has 20 heavy (non-hydrogen) atoms. The maximum atomic E-state index is 11.9. The summed E-state index contributed by atoms with van der Waals surface area (Å²) in [5, 5.41) is 3.23. The number of esters is 1. The van der Waals surface area contributed by atoms with Crippen LogP contribution < -0.4 is 5.32 Å². The highest BCUT2D eigenvalue weighted by molar-refractivity contribution is 9.10. The van der Waals surface area contributed by atoms with Crippen LogP contribution in [0.3, 0.4) is 0 Å². The molecule has 0 fully saturated rings. The fourth-order valence-corrected chi connectivity index (χ4v) is 2.41. The maximum absolute atomic E-state index is 11.9. The molecular formula is C16H16BrNO2. The van der Waals surface area contributed by atoms with Crippen LogP contribution in [0.5, 0.6) is 0 Å². The Morgan fingerprint density at radius 3 is 2.60 bits per heavy atom. The van der Waals surface area contributed by atoms with Gasteiger partial charge in [0, 0.05) is 11.0 Å². The minimum Gasteiger partial charge on any atom is -0.468 e. The van der Waals surface area contributed by atoms with Crippen molar-refractivity contribution in [2.45, 2.75) is 12.6 Å². The van der Waals surface area contributed by atoms with Crippen LogP contribution in [-0.2, 0) is 16.1 Å². The Bertz CT molecular complexity index is 572. The second kappa shape index (κ2) is 7.22. The van der Waals surface area contributed by atoms with Crippen LogP contribution in [0, 0.1) is 0 Å². The first-order valence-corrected chi connectivity index (χ1v) is 7.10. The molecule has 2 aromatic rings. The van der Waals surface area contributed by atoms with Gasteiger partial charge in [-0.3, -0.25) is 5.32 Å². The average molecular weight is 334 g/mol. The van der Waals surface area contributed by atoms with Crippen molar-refractivity contribution in [3.05, 3.63) is 70.2 Å². The van der Waals surface area contributed by atoms with E-state index in [2.05, 4.69) is 21.2 Å². The number of halogens is 1. The van der Waals surface area contributed by atoms with Gasteiger partial charge in [-0.1, -0.05) is 58.4 Å². The van der Waals surface area contributed by atoms with Crippen LogP contribution in [0.1, 0.15) is 17.2 Å². The van der Waals surface area contributed by atoms with Gasteiger partial charge in [-0.15, -0.1) is 0 Å². The molecule has 4 heteroatoms. The molecule has 1 N–H and O–H groups in total. The lowest BCUT2D eigenvalue weighted by Crippen LogP contribution is -2.29. The Kier molecular flexibility index (Phi) is 5.32. The van der Waals surface area contributed by atoms with E-state index in [0.29, 0.717) is 6.54 Å². The maximum Gasteiger partial charge on any atom is 0.327 e. The normalized spacial score (nSPS) is 11.9. The third kappa shape index (κ3) is 3.92. The fourth-order valence-electron chi connectivity index (χ4n) is 1.97. The predicted octanol–water partition coefficient (Wildman–Crippen LogP) is 3.45. The summed E-state index contributed by atoms with van der Waals surface area (Å²) in [5.41, 5.74) is 2.00. The number of rotatable bonds is 5. The lowest BCUT2D eigenvalue weighted by atomic mass is 10.1. The average Bonchev–Trinajstić information content (AvgIpc) is 2.48. The van der Waals surface area contributed by atoms with Crippen LogP contribution in [0.2, 0.25) is 0 Å². The largest absolute Gasteiger partial charge is 0.468 e. The second-order valence-electron chi connectivity index (χ2n) is 4.38. The summed E-state index contributed by atoms with van der Waals surface area (Å²) in [6, 6.07) is 17.1. The molecule has 0 aliphatic carbocycles.